The minimum Gasteiger partial charge on any atom is -0.477 e. The number of hydrogen-bond acceptors (Lipinski definition) is 5. The van der Waals surface area contributed by atoms with E-state index in [4.69, 9.17) is 10.2 Å². The summed E-state index contributed by atoms with van der Waals surface area (Å²) in [6.45, 7) is 0.333. The van der Waals surface area contributed by atoms with E-state index < -0.39 is 16.6 Å². The minimum atomic E-state index is -1.32. The van der Waals surface area contributed by atoms with Crippen LogP contribution in [0.2, 0.25) is 0 Å². The van der Waals surface area contributed by atoms with Crippen molar-refractivity contribution in [3.8, 4) is 0 Å². The van der Waals surface area contributed by atoms with Crippen LogP contribution >= 0.6 is 0 Å². The van der Waals surface area contributed by atoms with Gasteiger partial charge < -0.3 is 15.1 Å². The van der Waals surface area contributed by atoms with E-state index in [1.807, 2.05) is 4.90 Å². The number of nitro groups is 1. The smallest absolute Gasteiger partial charge is 0.342 e. The molecule has 1 aromatic carbocycles. The summed E-state index contributed by atoms with van der Waals surface area (Å²) in [4.78, 5) is 23.2. The van der Waals surface area contributed by atoms with E-state index in [0.717, 1.165) is 19.3 Å². The number of benzene rings is 1. The highest BCUT2D eigenvalue weighted by molar-refractivity contribution is 5.93. The first-order valence-electron chi connectivity index (χ1n) is 6.44. The molecule has 1 saturated carbocycles. The molecule has 0 aromatic heterocycles. The summed E-state index contributed by atoms with van der Waals surface area (Å²) in [5.41, 5.74) is -0.158. The number of hydrogen-bond donors (Lipinski definition) is 2. The van der Waals surface area contributed by atoms with Gasteiger partial charge in [0.05, 0.1) is 11.5 Å². The molecule has 20 heavy (non-hydrogen) atoms. The lowest BCUT2D eigenvalue weighted by molar-refractivity contribution is -0.385. The Morgan fingerprint density at radius 1 is 1.45 bits per heavy atom. The summed E-state index contributed by atoms with van der Waals surface area (Å²) in [6.07, 6.45) is 3.06. The number of aliphatic hydroxyl groups is 1. The van der Waals surface area contributed by atoms with Crippen molar-refractivity contribution in [2.45, 2.75) is 25.3 Å². The predicted molar refractivity (Wildman–Crippen MR) is 72.1 cm³/mol. The van der Waals surface area contributed by atoms with Crippen molar-refractivity contribution in [1.82, 2.24) is 0 Å². The van der Waals surface area contributed by atoms with Gasteiger partial charge in [0.25, 0.3) is 5.69 Å². The highest BCUT2D eigenvalue weighted by Crippen LogP contribution is 2.32. The quantitative estimate of drug-likeness (QED) is 0.606. The molecule has 1 aliphatic rings. The van der Waals surface area contributed by atoms with Crippen molar-refractivity contribution in [3.05, 3.63) is 33.9 Å². The highest BCUT2D eigenvalue weighted by atomic mass is 16.6. The van der Waals surface area contributed by atoms with Gasteiger partial charge in [-0.3, -0.25) is 10.1 Å². The van der Waals surface area contributed by atoms with Gasteiger partial charge in [-0.05, 0) is 31.4 Å². The molecule has 0 heterocycles. The maximum Gasteiger partial charge on any atom is 0.342 e. The van der Waals surface area contributed by atoms with Crippen molar-refractivity contribution >= 4 is 17.3 Å². The van der Waals surface area contributed by atoms with Crippen molar-refractivity contribution in [2.75, 3.05) is 18.1 Å². The highest BCUT2D eigenvalue weighted by Gasteiger charge is 2.27. The lowest BCUT2D eigenvalue weighted by atomic mass is 9.91. The Labute approximate surface area is 115 Å². The molecule has 0 saturated heterocycles. The fourth-order valence-corrected chi connectivity index (χ4v) is 2.36. The van der Waals surface area contributed by atoms with Crippen LogP contribution < -0.4 is 4.90 Å². The summed E-state index contributed by atoms with van der Waals surface area (Å²) in [7, 11) is 0. The van der Waals surface area contributed by atoms with Crippen LogP contribution in [-0.4, -0.2) is 40.3 Å². The Hall–Kier alpha value is -2.15. The van der Waals surface area contributed by atoms with Gasteiger partial charge in [-0.15, -0.1) is 0 Å². The van der Waals surface area contributed by atoms with Crippen LogP contribution in [0.3, 0.4) is 0 Å². The molecule has 2 N–H and O–H groups in total. The average Bonchev–Trinajstić information content (AvgIpc) is 2.35. The number of aromatic carboxylic acids is 1. The number of nitrogens with zero attached hydrogens (tertiary/aromatic N) is 2. The molecular formula is C13H16N2O5. The number of anilines is 1. The van der Waals surface area contributed by atoms with Crippen LogP contribution in [-0.2, 0) is 0 Å². The Balaban J connectivity index is 2.37. The standard InChI is InChI=1S/C13H16N2O5/c16-7-6-14(9-2-1-3-9)10-4-5-11(13(17)18)12(8-10)15(19)20/h4-5,8-9,16H,1-3,6-7H2,(H,17,18). The Morgan fingerprint density at radius 3 is 2.60 bits per heavy atom. The second kappa shape index (κ2) is 5.87. The van der Waals surface area contributed by atoms with E-state index in [9.17, 15) is 14.9 Å². The van der Waals surface area contributed by atoms with Gasteiger partial charge in [0.15, 0.2) is 0 Å². The van der Waals surface area contributed by atoms with Gasteiger partial charge in [0, 0.05) is 24.3 Å². The third-order valence-corrected chi connectivity index (χ3v) is 3.60. The number of aliphatic hydroxyl groups excluding tert-OH is 1. The summed E-state index contributed by atoms with van der Waals surface area (Å²) in [5, 5.41) is 29.1. The normalized spacial score (nSPS) is 14.7. The van der Waals surface area contributed by atoms with E-state index in [0.29, 0.717) is 12.2 Å². The predicted octanol–water partition coefficient (Wildman–Crippen LogP) is 1.64. The first-order valence-corrected chi connectivity index (χ1v) is 6.44. The molecule has 0 atom stereocenters. The molecule has 2 rings (SSSR count). The van der Waals surface area contributed by atoms with Gasteiger partial charge in [-0.25, -0.2) is 4.79 Å². The minimum absolute atomic E-state index is 0.0506. The molecule has 7 heteroatoms. The number of carbonyl (C=O) groups is 1. The van der Waals surface area contributed by atoms with Crippen molar-refractivity contribution in [1.29, 1.82) is 0 Å². The Kier molecular flexibility index (Phi) is 4.19. The van der Waals surface area contributed by atoms with Crippen LogP contribution in [0.1, 0.15) is 29.6 Å². The summed E-state index contributed by atoms with van der Waals surface area (Å²) < 4.78 is 0. The number of carboxylic acid groups (broad SMARTS) is 1. The maximum absolute atomic E-state index is 11.0. The maximum atomic E-state index is 11.0. The molecule has 1 fully saturated rings. The molecule has 7 nitrogen and oxygen atoms in total. The molecule has 0 spiro atoms. The lowest BCUT2D eigenvalue weighted by Crippen LogP contribution is -2.42. The fraction of sp³-hybridized carbons (Fsp3) is 0.462. The summed E-state index contributed by atoms with van der Waals surface area (Å²) in [6, 6.07) is 4.35. The van der Waals surface area contributed by atoms with Gasteiger partial charge in [0.1, 0.15) is 5.56 Å². The van der Waals surface area contributed by atoms with E-state index >= 15 is 0 Å². The van der Waals surface area contributed by atoms with Gasteiger partial charge in [-0.1, -0.05) is 0 Å². The molecular weight excluding hydrogens is 264 g/mol. The average molecular weight is 280 g/mol. The SMILES string of the molecule is O=C(O)c1ccc(N(CCO)C2CCC2)cc1[N+](=O)[O-]. The number of carboxylic acids is 1. The Morgan fingerprint density at radius 2 is 2.15 bits per heavy atom. The van der Waals surface area contributed by atoms with Crippen molar-refractivity contribution in [2.24, 2.45) is 0 Å². The summed E-state index contributed by atoms with van der Waals surface area (Å²) >= 11 is 0. The molecule has 0 radical (unpaired) electrons. The fourth-order valence-electron chi connectivity index (χ4n) is 2.36. The first-order chi connectivity index (χ1) is 9.54. The van der Waals surface area contributed by atoms with Crippen LogP contribution in [0.5, 0.6) is 0 Å². The number of rotatable bonds is 6. The molecule has 0 bridgehead atoms. The van der Waals surface area contributed by atoms with Crippen molar-refractivity contribution < 1.29 is 19.9 Å². The third-order valence-electron chi connectivity index (χ3n) is 3.60. The zero-order chi connectivity index (χ0) is 14.7. The Bertz CT molecular complexity index is 527. The monoisotopic (exact) mass is 280 g/mol. The molecule has 0 unspecified atom stereocenters. The van der Waals surface area contributed by atoms with Crippen LogP contribution in [0.4, 0.5) is 11.4 Å². The van der Waals surface area contributed by atoms with Gasteiger partial charge in [0.2, 0.25) is 0 Å². The zero-order valence-corrected chi connectivity index (χ0v) is 10.9. The molecule has 1 aromatic rings. The lowest BCUT2D eigenvalue weighted by Gasteiger charge is -2.38. The zero-order valence-electron chi connectivity index (χ0n) is 10.9. The molecule has 0 amide bonds. The van der Waals surface area contributed by atoms with E-state index in [1.54, 1.807) is 6.07 Å². The van der Waals surface area contributed by atoms with E-state index in [-0.39, 0.29) is 18.2 Å². The van der Waals surface area contributed by atoms with Gasteiger partial charge in [-0.2, -0.15) is 0 Å². The first kappa shape index (κ1) is 14.3. The number of nitro benzene ring substituents is 1. The second-order valence-corrected chi connectivity index (χ2v) is 4.77. The largest absolute Gasteiger partial charge is 0.477 e. The van der Waals surface area contributed by atoms with E-state index in [2.05, 4.69) is 0 Å². The molecule has 1 aliphatic carbocycles. The topological polar surface area (TPSA) is 104 Å². The molecule has 108 valence electrons. The second-order valence-electron chi connectivity index (χ2n) is 4.77. The third kappa shape index (κ3) is 2.72. The van der Waals surface area contributed by atoms with E-state index in [1.165, 1.54) is 12.1 Å². The summed E-state index contributed by atoms with van der Waals surface area (Å²) in [5.74, 6) is -1.32. The van der Waals surface area contributed by atoms with Crippen LogP contribution in [0.25, 0.3) is 0 Å². The van der Waals surface area contributed by atoms with Crippen LogP contribution in [0, 0.1) is 10.1 Å². The molecule has 0 aliphatic heterocycles. The van der Waals surface area contributed by atoms with Crippen molar-refractivity contribution in [3.63, 3.8) is 0 Å². The van der Waals surface area contributed by atoms with Crippen LogP contribution in [0.15, 0.2) is 18.2 Å². The van der Waals surface area contributed by atoms with Gasteiger partial charge >= 0.3 is 5.97 Å².